The van der Waals surface area contributed by atoms with Gasteiger partial charge in [-0.2, -0.15) is 0 Å². The number of hydrogen-bond donors (Lipinski definition) is 2. The number of thiophene rings is 1. The van der Waals surface area contributed by atoms with Crippen LogP contribution in [-0.2, 0) is 0 Å². The standard InChI is InChI=1S/C11H8N2OS/c12-5-1-2-6-7(3-5)10(14)8-4-9(13)15-11(6)8/h1-4H,12-13H2. The first-order chi connectivity index (χ1) is 7.16. The molecule has 1 heterocycles. The normalized spacial score (nSPS) is 12.7. The number of carbonyl (C=O) groups excluding carboxylic acids is 1. The molecule has 1 aliphatic carbocycles. The molecule has 0 saturated heterocycles. The predicted octanol–water partition coefficient (Wildman–Crippen LogP) is 2.12. The maximum absolute atomic E-state index is 11.9. The van der Waals surface area contributed by atoms with Gasteiger partial charge in [0, 0.05) is 27.3 Å². The summed E-state index contributed by atoms with van der Waals surface area (Å²) >= 11 is 1.45. The predicted molar refractivity (Wildman–Crippen MR) is 62.0 cm³/mol. The summed E-state index contributed by atoms with van der Waals surface area (Å²) in [7, 11) is 0. The molecule has 1 aromatic carbocycles. The number of benzene rings is 1. The molecule has 0 unspecified atom stereocenters. The fourth-order valence-corrected chi connectivity index (χ4v) is 2.83. The molecular weight excluding hydrogens is 208 g/mol. The van der Waals surface area contributed by atoms with Crippen LogP contribution >= 0.6 is 11.3 Å². The van der Waals surface area contributed by atoms with E-state index in [-0.39, 0.29) is 5.78 Å². The van der Waals surface area contributed by atoms with Crippen LogP contribution in [0.2, 0.25) is 0 Å². The highest BCUT2D eigenvalue weighted by atomic mass is 32.1. The largest absolute Gasteiger partial charge is 0.399 e. The minimum atomic E-state index is 0.0280. The van der Waals surface area contributed by atoms with Crippen molar-refractivity contribution in [3.8, 4) is 10.4 Å². The maximum Gasteiger partial charge on any atom is 0.195 e. The van der Waals surface area contributed by atoms with Gasteiger partial charge in [-0.3, -0.25) is 4.79 Å². The smallest absolute Gasteiger partial charge is 0.195 e. The van der Waals surface area contributed by atoms with Crippen LogP contribution < -0.4 is 11.5 Å². The Hall–Kier alpha value is -1.81. The summed E-state index contributed by atoms with van der Waals surface area (Å²) in [6.45, 7) is 0. The van der Waals surface area contributed by atoms with Crippen molar-refractivity contribution < 1.29 is 4.79 Å². The molecule has 2 aromatic rings. The molecule has 1 aliphatic rings. The van der Waals surface area contributed by atoms with Gasteiger partial charge in [0.05, 0.1) is 5.00 Å². The van der Waals surface area contributed by atoms with Gasteiger partial charge >= 0.3 is 0 Å². The number of anilines is 2. The zero-order valence-corrected chi connectivity index (χ0v) is 8.60. The lowest BCUT2D eigenvalue weighted by molar-refractivity contribution is 0.104. The maximum atomic E-state index is 11.9. The minimum Gasteiger partial charge on any atom is -0.399 e. The summed E-state index contributed by atoms with van der Waals surface area (Å²) < 4.78 is 0. The quantitative estimate of drug-likeness (QED) is 0.565. The van der Waals surface area contributed by atoms with E-state index in [1.54, 1.807) is 18.2 Å². The zero-order chi connectivity index (χ0) is 10.6. The molecule has 0 bridgehead atoms. The van der Waals surface area contributed by atoms with Gasteiger partial charge in [-0.1, -0.05) is 6.07 Å². The highest BCUT2D eigenvalue weighted by Gasteiger charge is 2.28. The Morgan fingerprint density at radius 3 is 2.60 bits per heavy atom. The van der Waals surface area contributed by atoms with E-state index in [0.717, 1.165) is 10.4 Å². The molecule has 0 saturated carbocycles. The Morgan fingerprint density at radius 1 is 1.00 bits per heavy atom. The Kier molecular flexibility index (Phi) is 1.48. The number of nitrogens with two attached hydrogens (primary N) is 2. The first-order valence-electron chi connectivity index (χ1n) is 4.51. The minimum absolute atomic E-state index is 0.0280. The number of ketones is 1. The molecule has 0 aliphatic heterocycles. The van der Waals surface area contributed by atoms with Crippen LogP contribution in [0.4, 0.5) is 10.7 Å². The Balaban J connectivity index is 2.35. The molecule has 0 spiro atoms. The van der Waals surface area contributed by atoms with Gasteiger partial charge in [-0.25, -0.2) is 0 Å². The summed E-state index contributed by atoms with van der Waals surface area (Å²) in [6, 6.07) is 7.14. The van der Waals surface area contributed by atoms with Crippen molar-refractivity contribution in [3.05, 3.63) is 35.4 Å². The van der Waals surface area contributed by atoms with Gasteiger partial charge < -0.3 is 11.5 Å². The average molecular weight is 216 g/mol. The highest BCUT2D eigenvalue weighted by Crippen LogP contribution is 2.43. The number of fused-ring (bicyclic) bond motifs is 3. The molecule has 3 nitrogen and oxygen atoms in total. The molecule has 1 aromatic heterocycles. The molecule has 15 heavy (non-hydrogen) atoms. The van der Waals surface area contributed by atoms with Crippen molar-refractivity contribution in [1.29, 1.82) is 0 Å². The van der Waals surface area contributed by atoms with E-state index < -0.39 is 0 Å². The molecule has 4 heteroatoms. The third-order valence-electron chi connectivity index (χ3n) is 2.53. The van der Waals surface area contributed by atoms with E-state index in [0.29, 0.717) is 21.8 Å². The zero-order valence-electron chi connectivity index (χ0n) is 7.78. The van der Waals surface area contributed by atoms with Gasteiger partial charge in [-0.05, 0) is 18.2 Å². The molecule has 0 radical (unpaired) electrons. The van der Waals surface area contributed by atoms with Crippen LogP contribution in [0.25, 0.3) is 10.4 Å². The topological polar surface area (TPSA) is 69.1 Å². The van der Waals surface area contributed by atoms with Gasteiger partial charge in [0.25, 0.3) is 0 Å². The molecule has 0 atom stereocenters. The highest BCUT2D eigenvalue weighted by molar-refractivity contribution is 7.20. The van der Waals surface area contributed by atoms with Crippen LogP contribution in [0.3, 0.4) is 0 Å². The second-order valence-corrected chi connectivity index (χ2v) is 4.61. The van der Waals surface area contributed by atoms with Crippen LogP contribution in [0.5, 0.6) is 0 Å². The van der Waals surface area contributed by atoms with E-state index in [4.69, 9.17) is 11.5 Å². The number of carbonyl (C=O) groups is 1. The van der Waals surface area contributed by atoms with E-state index in [1.807, 2.05) is 6.07 Å². The van der Waals surface area contributed by atoms with Crippen LogP contribution in [0.1, 0.15) is 15.9 Å². The van der Waals surface area contributed by atoms with Gasteiger partial charge in [0.15, 0.2) is 5.78 Å². The first kappa shape index (κ1) is 8.49. The summed E-state index contributed by atoms with van der Waals surface area (Å²) in [6.07, 6.45) is 0. The molecular formula is C11H8N2OS. The lowest BCUT2D eigenvalue weighted by Gasteiger charge is -1.99. The molecule has 0 amide bonds. The van der Waals surface area contributed by atoms with Gasteiger partial charge in [0.2, 0.25) is 0 Å². The van der Waals surface area contributed by atoms with Crippen molar-refractivity contribution in [2.75, 3.05) is 11.5 Å². The molecule has 0 fully saturated rings. The van der Waals surface area contributed by atoms with E-state index >= 15 is 0 Å². The van der Waals surface area contributed by atoms with Crippen molar-refractivity contribution in [1.82, 2.24) is 0 Å². The second-order valence-electron chi connectivity index (χ2n) is 3.53. The van der Waals surface area contributed by atoms with E-state index in [2.05, 4.69) is 0 Å². The lowest BCUT2D eigenvalue weighted by atomic mass is 10.1. The van der Waals surface area contributed by atoms with Crippen LogP contribution in [0.15, 0.2) is 24.3 Å². The van der Waals surface area contributed by atoms with Crippen molar-refractivity contribution in [2.24, 2.45) is 0 Å². The monoisotopic (exact) mass is 216 g/mol. The second kappa shape index (κ2) is 2.61. The van der Waals surface area contributed by atoms with Gasteiger partial charge in [0.1, 0.15) is 0 Å². The number of nitrogen functional groups attached to an aromatic ring is 2. The van der Waals surface area contributed by atoms with E-state index in [1.165, 1.54) is 11.3 Å². The van der Waals surface area contributed by atoms with Crippen LogP contribution in [0, 0.1) is 0 Å². The van der Waals surface area contributed by atoms with Gasteiger partial charge in [-0.15, -0.1) is 11.3 Å². The van der Waals surface area contributed by atoms with Crippen LogP contribution in [-0.4, -0.2) is 5.78 Å². The SMILES string of the molecule is Nc1ccc2c(c1)C(=O)c1cc(N)sc1-2. The summed E-state index contributed by atoms with van der Waals surface area (Å²) in [5, 5.41) is 0.677. The van der Waals surface area contributed by atoms with Crippen molar-refractivity contribution >= 4 is 27.8 Å². The van der Waals surface area contributed by atoms with E-state index in [9.17, 15) is 4.79 Å². The third kappa shape index (κ3) is 1.02. The number of rotatable bonds is 0. The average Bonchev–Trinajstić information content (AvgIpc) is 2.67. The molecule has 74 valence electrons. The lowest BCUT2D eigenvalue weighted by Crippen LogP contribution is -1.96. The number of hydrogen-bond acceptors (Lipinski definition) is 4. The molecule has 3 rings (SSSR count). The Labute approximate surface area is 90.3 Å². The first-order valence-corrected chi connectivity index (χ1v) is 5.32. The molecule has 4 N–H and O–H groups in total. The summed E-state index contributed by atoms with van der Waals surface area (Å²) in [5.74, 6) is 0.0280. The summed E-state index contributed by atoms with van der Waals surface area (Å²) in [4.78, 5) is 12.9. The Morgan fingerprint density at radius 2 is 1.80 bits per heavy atom. The fraction of sp³-hybridized carbons (Fsp3) is 0. The third-order valence-corrected chi connectivity index (χ3v) is 3.53. The Bertz CT molecular complexity index is 586. The summed E-state index contributed by atoms with van der Waals surface area (Å²) in [5.41, 5.74) is 14.3. The fourth-order valence-electron chi connectivity index (χ4n) is 1.87. The van der Waals surface area contributed by atoms with Crippen molar-refractivity contribution in [3.63, 3.8) is 0 Å². The van der Waals surface area contributed by atoms with Crippen molar-refractivity contribution in [2.45, 2.75) is 0 Å².